The zero-order chi connectivity index (χ0) is 14.9. The average molecular weight is 284 g/mol. The third-order valence-electron chi connectivity index (χ3n) is 3.80. The van der Waals surface area contributed by atoms with Crippen LogP contribution in [0.3, 0.4) is 0 Å². The summed E-state index contributed by atoms with van der Waals surface area (Å²) in [6.07, 6.45) is -0.895. The van der Waals surface area contributed by atoms with E-state index in [2.05, 4.69) is 0 Å². The molecule has 0 aromatic heterocycles. The molecule has 4 heteroatoms. The van der Waals surface area contributed by atoms with Crippen LogP contribution in [0.4, 0.5) is 0 Å². The van der Waals surface area contributed by atoms with Crippen molar-refractivity contribution in [2.75, 3.05) is 6.61 Å². The van der Waals surface area contributed by atoms with Crippen molar-refractivity contribution in [3.05, 3.63) is 65.7 Å². The number of aliphatic hydroxyl groups is 2. The number of Topliss-reactive ketones (excluding diaryl/α,β-unsaturated/α-hetero) is 1. The Kier molecular flexibility index (Phi) is 3.49. The molecule has 2 aromatic carbocycles. The highest BCUT2D eigenvalue weighted by atomic mass is 16.5. The van der Waals surface area contributed by atoms with Crippen LogP contribution in [0.25, 0.3) is 0 Å². The van der Waals surface area contributed by atoms with Gasteiger partial charge < -0.3 is 14.9 Å². The van der Waals surface area contributed by atoms with E-state index in [0.29, 0.717) is 16.9 Å². The maximum Gasteiger partial charge on any atom is 0.202 e. The van der Waals surface area contributed by atoms with E-state index in [1.807, 2.05) is 18.2 Å². The highest BCUT2D eigenvalue weighted by molar-refractivity contribution is 6.06. The second-order valence-electron chi connectivity index (χ2n) is 5.13. The van der Waals surface area contributed by atoms with E-state index in [0.717, 1.165) is 0 Å². The molecular formula is C17H16O4. The summed E-state index contributed by atoms with van der Waals surface area (Å²) in [5.41, 5.74) is -0.707. The van der Waals surface area contributed by atoms with Crippen LogP contribution < -0.4 is 4.74 Å². The molecule has 0 fully saturated rings. The Hall–Kier alpha value is -2.17. The number of fused-ring (bicyclic) bond motifs is 1. The molecule has 108 valence electrons. The van der Waals surface area contributed by atoms with Crippen molar-refractivity contribution in [2.24, 2.45) is 0 Å². The maximum atomic E-state index is 12.7. The first kappa shape index (κ1) is 13.8. The van der Waals surface area contributed by atoms with Gasteiger partial charge in [0, 0.05) is 13.0 Å². The minimum atomic E-state index is -1.76. The number of hydrogen-bond acceptors (Lipinski definition) is 4. The van der Waals surface area contributed by atoms with Crippen LogP contribution in [0, 0.1) is 0 Å². The van der Waals surface area contributed by atoms with E-state index in [-0.39, 0.29) is 13.0 Å². The summed E-state index contributed by atoms with van der Waals surface area (Å²) in [6, 6.07) is 15.9. The Morgan fingerprint density at radius 3 is 2.43 bits per heavy atom. The summed E-state index contributed by atoms with van der Waals surface area (Å²) in [5, 5.41) is 20.1. The van der Waals surface area contributed by atoms with E-state index in [1.165, 1.54) is 0 Å². The molecule has 21 heavy (non-hydrogen) atoms. The molecule has 1 aliphatic heterocycles. The number of ether oxygens (including phenoxy) is 1. The zero-order valence-electron chi connectivity index (χ0n) is 11.4. The number of ketones is 1. The lowest BCUT2D eigenvalue weighted by Crippen LogP contribution is -2.50. The summed E-state index contributed by atoms with van der Waals surface area (Å²) in [4.78, 5) is 12.7. The molecule has 0 bridgehead atoms. The molecule has 2 aromatic rings. The molecule has 1 heterocycles. The van der Waals surface area contributed by atoms with Crippen molar-refractivity contribution in [3.63, 3.8) is 0 Å². The Bertz CT molecular complexity index is 653. The van der Waals surface area contributed by atoms with Gasteiger partial charge in [-0.25, -0.2) is 0 Å². The van der Waals surface area contributed by atoms with Crippen LogP contribution >= 0.6 is 0 Å². The van der Waals surface area contributed by atoms with Crippen molar-refractivity contribution in [1.29, 1.82) is 0 Å². The molecule has 0 spiro atoms. The monoisotopic (exact) mass is 284 g/mol. The topological polar surface area (TPSA) is 66.8 Å². The summed E-state index contributed by atoms with van der Waals surface area (Å²) in [5.74, 6) is 0.0474. The number of para-hydroxylation sites is 1. The second kappa shape index (κ2) is 5.31. The molecular weight excluding hydrogens is 268 g/mol. The highest BCUT2D eigenvalue weighted by Crippen LogP contribution is 2.42. The Labute approximate surface area is 122 Å². The van der Waals surface area contributed by atoms with E-state index in [1.54, 1.807) is 36.4 Å². The fraction of sp³-hybridized carbons (Fsp3) is 0.235. The number of hydrogen-bond donors (Lipinski definition) is 2. The van der Waals surface area contributed by atoms with Crippen molar-refractivity contribution >= 4 is 5.78 Å². The van der Waals surface area contributed by atoms with Crippen LogP contribution in [-0.4, -0.2) is 28.2 Å². The first-order valence-electron chi connectivity index (χ1n) is 6.85. The Morgan fingerprint density at radius 2 is 1.71 bits per heavy atom. The standard InChI is InChI=1S/C17H16O4/c18-11-10-17(20)15(19)13-8-4-5-9-14(13)21-16(17)12-6-2-1-3-7-12/h1-9,16,18,20H,10-11H2. The van der Waals surface area contributed by atoms with Crippen molar-refractivity contribution < 1.29 is 19.7 Å². The first-order valence-corrected chi connectivity index (χ1v) is 6.85. The van der Waals surface area contributed by atoms with E-state index >= 15 is 0 Å². The first-order chi connectivity index (χ1) is 10.2. The van der Waals surface area contributed by atoms with Crippen molar-refractivity contribution in [3.8, 4) is 5.75 Å². The van der Waals surface area contributed by atoms with E-state index in [4.69, 9.17) is 4.74 Å². The molecule has 2 atom stereocenters. The van der Waals surface area contributed by atoms with Gasteiger partial charge in [-0.05, 0) is 17.7 Å². The predicted molar refractivity (Wildman–Crippen MR) is 77.2 cm³/mol. The van der Waals surface area contributed by atoms with Crippen LogP contribution in [0.1, 0.15) is 28.4 Å². The van der Waals surface area contributed by atoms with Gasteiger partial charge in [-0.2, -0.15) is 0 Å². The molecule has 4 nitrogen and oxygen atoms in total. The number of carbonyl (C=O) groups is 1. The van der Waals surface area contributed by atoms with E-state index in [9.17, 15) is 15.0 Å². The lowest BCUT2D eigenvalue weighted by Gasteiger charge is -2.39. The van der Waals surface area contributed by atoms with Gasteiger partial charge in [0.05, 0.1) is 5.56 Å². The van der Waals surface area contributed by atoms with Gasteiger partial charge in [-0.15, -0.1) is 0 Å². The quantitative estimate of drug-likeness (QED) is 0.906. The van der Waals surface area contributed by atoms with Crippen molar-refractivity contribution in [1.82, 2.24) is 0 Å². The second-order valence-corrected chi connectivity index (χ2v) is 5.13. The predicted octanol–water partition coefficient (Wildman–Crippen LogP) is 2.12. The molecule has 0 amide bonds. The minimum absolute atomic E-state index is 0.0697. The number of benzene rings is 2. The molecule has 0 saturated heterocycles. The molecule has 0 radical (unpaired) electrons. The lowest BCUT2D eigenvalue weighted by atomic mass is 9.79. The van der Waals surface area contributed by atoms with Crippen LogP contribution in [-0.2, 0) is 0 Å². The summed E-state index contributed by atoms with van der Waals surface area (Å²) < 4.78 is 5.87. The fourth-order valence-corrected chi connectivity index (χ4v) is 2.72. The van der Waals surface area contributed by atoms with Crippen LogP contribution in [0.2, 0.25) is 0 Å². The smallest absolute Gasteiger partial charge is 0.202 e. The third kappa shape index (κ3) is 2.22. The molecule has 0 aliphatic carbocycles. The number of aliphatic hydroxyl groups excluding tert-OH is 1. The normalized spacial score (nSPS) is 24.3. The fourth-order valence-electron chi connectivity index (χ4n) is 2.72. The van der Waals surface area contributed by atoms with E-state index < -0.39 is 17.5 Å². The molecule has 3 rings (SSSR count). The Morgan fingerprint density at radius 1 is 1.05 bits per heavy atom. The minimum Gasteiger partial charge on any atom is -0.481 e. The maximum absolute atomic E-state index is 12.7. The van der Waals surface area contributed by atoms with Gasteiger partial charge in [0.1, 0.15) is 5.75 Å². The molecule has 2 unspecified atom stereocenters. The number of carbonyl (C=O) groups excluding carboxylic acids is 1. The molecule has 0 saturated carbocycles. The van der Waals surface area contributed by atoms with Crippen LogP contribution in [0.5, 0.6) is 5.75 Å². The highest BCUT2D eigenvalue weighted by Gasteiger charge is 2.50. The van der Waals surface area contributed by atoms with Crippen molar-refractivity contribution in [2.45, 2.75) is 18.1 Å². The van der Waals surface area contributed by atoms with Crippen LogP contribution in [0.15, 0.2) is 54.6 Å². The SMILES string of the molecule is O=C1c2ccccc2OC(c2ccccc2)C1(O)CCO. The lowest BCUT2D eigenvalue weighted by molar-refractivity contribution is -0.0605. The molecule has 2 N–H and O–H groups in total. The third-order valence-corrected chi connectivity index (χ3v) is 3.80. The zero-order valence-corrected chi connectivity index (χ0v) is 11.4. The number of rotatable bonds is 3. The molecule has 1 aliphatic rings. The Balaban J connectivity index is 2.12. The summed E-state index contributed by atoms with van der Waals surface area (Å²) in [7, 11) is 0. The summed E-state index contributed by atoms with van der Waals surface area (Å²) in [6.45, 7) is -0.295. The largest absolute Gasteiger partial charge is 0.481 e. The summed E-state index contributed by atoms with van der Waals surface area (Å²) >= 11 is 0. The van der Waals surface area contributed by atoms with Gasteiger partial charge >= 0.3 is 0 Å². The van der Waals surface area contributed by atoms with Gasteiger partial charge in [0.15, 0.2) is 11.7 Å². The van der Waals surface area contributed by atoms with Gasteiger partial charge in [-0.1, -0.05) is 42.5 Å². The van der Waals surface area contributed by atoms with Gasteiger partial charge in [0.2, 0.25) is 5.78 Å². The average Bonchev–Trinajstić information content (AvgIpc) is 2.52. The van der Waals surface area contributed by atoms with Gasteiger partial charge in [0.25, 0.3) is 0 Å². The van der Waals surface area contributed by atoms with Gasteiger partial charge in [-0.3, -0.25) is 4.79 Å².